The summed E-state index contributed by atoms with van der Waals surface area (Å²) >= 11 is 0. The van der Waals surface area contributed by atoms with Gasteiger partial charge in [-0.25, -0.2) is 0 Å². The van der Waals surface area contributed by atoms with E-state index in [2.05, 4.69) is 0 Å². The zero-order chi connectivity index (χ0) is 14.6. The van der Waals surface area contributed by atoms with Gasteiger partial charge in [0.15, 0.2) is 0 Å². The quantitative estimate of drug-likeness (QED) is 0.591. The van der Waals surface area contributed by atoms with Gasteiger partial charge in [-0.15, -0.1) is 0 Å². The number of non-ortho nitro benzene ring substituents is 1. The van der Waals surface area contributed by atoms with Gasteiger partial charge in [0.1, 0.15) is 5.78 Å². The van der Waals surface area contributed by atoms with Gasteiger partial charge in [-0.2, -0.15) is 0 Å². The summed E-state index contributed by atoms with van der Waals surface area (Å²) in [5.41, 5.74) is 3.24. The number of nitro benzene ring substituents is 1. The second kappa shape index (κ2) is 4.01. The third-order valence-electron chi connectivity index (χ3n) is 4.78. The second-order valence-corrected chi connectivity index (χ2v) is 5.71. The van der Waals surface area contributed by atoms with Crippen molar-refractivity contribution in [1.29, 1.82) is 0 Å². The number of nitro groups is 1. The molecule has 1 fully saturated rings. The molecule has 0 saturated heterocycles. The van der Waals surface area contributed by atoms with Gasteiger partial charge in [0.25, 0.3) is 5.69 Å². The second-order valence-electron chi connectivity index (χ2n) is 5.71. The molecule has 0 N–H and O–H groups in total. The minimum Gasteiger partial charge on any atom is -0.298 e. The Kier molecular flexibility index (Phi) is 2.34. The first-order valence-electron chi connectivity index (χ1n) is 7.07. The molecule has 2 aromatic carbocycles. The lowest BCUT2D eigenvalue weighted by atomic mass is 9.76. The monoisotopic (exact) mass is 279 g/mol. The van der Waals surface area contributed by atoms with Gasteiger partial charge in [-0.1, -0.05) is 24.3 Å². The van der Waals surface area contributed by atoms with Crippen molar-refractivity contribution in [3.63, 3.8) is 0 Å². The average molecular weight is 279 g/mol. The van der Waals surface area contributed by atoms with Crippen LogP contribution >= 0.6 is 0 Å². The molecular weight excluding hydrogens is 266 g/mol. The Morgan fingerprint density at radius 3 is 2.52 bits per heavy atom. The molecule has 2 aromatic rings. The Bertz CT molecular complexity index is 796. The fraction of sp³-hybridized carbons (Fsp3) is 0.235. The van der Waals surface area contributed by atoms with Crippen LogP contribution in [0.3, 0.4) is 0 Å². The number of hydrogen-bond acceptors (Lipinski definition) is 3. The minimum atomic E-state index is -0.655. The topological polar surface area (TPSA) is 60.2 Å². The summed E-state index contributed by atoms with van der Waals surface area (Å²) in [5, 5.41) is 11.1. The molecule has 1 saturated carbocycles. The highest BCUT2D eigenvalue weighted by atomic mass is 16.6. The van der Waals surface area contributed by atoms with Gasteiger partial charge in [0.05, 0.1) is 10.3 Å². The van der Waals surface area contributed by atoms with E-state index in [1.54, 1.807) is 12.1 Å². The summed E-state index contributed by atoms with van der Waals surface area (Å²) in [6.45, 7) is 0. The van der Waals surface area contributed by atoms with Crippen LogP contribution in [0.5, 0.6) is 0 Å². The number of benzene rings is 2. The zero-order valence-electron chi connectivity index (χ0n) is 11.3. The number of fused-ring (bicyclic) bond motifs is 5. The summed E-state index contributed by atoms with van der Waals surface area (Å²) in [6, 6.07) is 12.8. The van der Waals surface area contributed by atoms with Gasteiger partial charge >= 0.3 is 0 Å². The maximum atomic E-state index is 12.6. The summed E-state index contributed by atoms with van der Waals surface area (Å²) in [4.78, 5) is 23.3. The van der Waals surface area contributed by atoms with Crippen LogP contribution in [0.4, 0.5) is 5.69 Å². The van der Waals surface area contributed by atoms with Crippen molar-refractivity contribution in [1.82, 2.24) is 0 Å². The zero-order valence-corrected chi connectivity index (χ0v) is 11.3. The molecule has 1 spiro atoms. The molecule has 2 aliphatic carbocycles. The van der Waals surface area contributed by atoms with Gasteiger partial charge in [0, 0.05) is 18.6 Å². The molecule has 21 heavy (non-hydrogen) atoms. The van der Waals surface area contributed by atoms with Crippen LogP contribution in [0.1, 0.15) is 30.4 Å². The van der Waals surface area contributed by atoms with Crippen molar-refractivity contribution in [2.75, 3.05) is 0 Å². The van der Waals surface area contributed by atoms with Crippen LogP contribution < -0.4 is 0 Å². The average Bonchev–Trinajstić information content (AvgIpc) is 3.01. The molecule has 0 aliphatic heterocycles. The van der Waals surface area contributed by atoms with E-state index in [1.165, 1.54) is 6.07 Å². The van der Waals surface area contributed by atoms with Gasteiger partial charge in [0.2, 0.25) is 0 Å². The fourth-order valence-corrected chi connectivity index (χ4v) is 3.91. The molecule has 1 atom stereocenters. The largest absolute Gasteiger partial charge is 0.298 e. The van der Waals surface area contributed by atoms with E-state index in [4.69, 9.17) is 0 Å². The van der Waals surface area contributed by atoms with Gasteiger partial charge in [-0.3, -0.25) is 14.9 Å². The molecule has 0 aromatic heterocycles. The first kappa shape index (κ1) is 12.3. The molecule has 0 amide bonds. The standard InChI is InChI=1S/C17H13NO3/c19-16-6-3-9-17(16)14-5-2-1-4-12(14)13-8-7-11(18(20)21)10-15(13)17/h1-2,4-5,7-8,10H,3,6,9H2/t17-/m1/s1. The summed E-state index contributed by atoms with van der Waals surface area (Å²) in [5.74, 6) is 0.189. The predicted octanol–water partition coefficient (Wildman–Crippen LogP) is 3.61. The van der Waals surface area contributed by atoms with E-state index in [-0.39, 0.29) is 11.5 Å². The molecule has 104 valence electrons. The van der Waals surface area contributed by atoms with E-state index in [0.29, 0.717) is 6.42 Å². The van der Waals surface area contributed by atoms with Crippen LogP contribution in [0.15, 0.2) is 42.5 Å². The number of hydrogen-bond donors (Lipinski definition) is 0. The lowest BCUT2D eigenvalue weighted by molar-refractivity contribution is -0.384. The molecule has 4 heteroatoms. The number of rotatable bonds is 1. The smallest absolute Gasteiger partial charge is 0.269 e. The summed E-state index contributed by atoms with van der Waals surface area (Å²) < 4.78 is 0. The first-order chi connectivity index (χ1) is 10.1. The number of carbonyl (C=O) groups is 1. The predicted molar refractivity (Wildman–Crippen MR) is 78.2 cm³/mol. The summed E-state index contributed by atoms with van der Waals surface area (Å²) in [7, 11) is 0. The van der Waals surface area contributed by atoms with Crippen molar-refractivity contribution in [3.8, 4) is 11.1 Å². The lowest BCUT2D eigenvalue weighted by Crippen LogP contribution is -2.29. The van der Waals surface area contributed by atoms with Crippen molar-refractivity contribution in [3.05, 3.63) is 63.7 Å². The molecular formula is C17H13NO3. The Labute approximate surface area is 121 Å². The van der Waals surface area contributed by atoms with E-state index in [1.807, 2.05) is 24.3 Å². The van der Waals surface area contributed by atoms with E-state index >= 15 is 0 Å². The summed E-state index contributed by atoms with van der Waals surface area (Å²) in [6.07, 6.45) is 2.14. The maximum Gasteiger partial charge on any atom is 0.269 e. The van der Waals surface area contributed by atoms with Crippen LogP contribution in [0.25, 0.3) is 11.1 Å². The van der Waals surface area contributed by atoms with Crippen LogP contribution in [-0.4, -0.2) is 10.7 Å². The van der Waals surface area contributed by atoms with Gasteiger partial charge in [-0.05, 0) is 41.2 Å². The van der Waals surface area contributed by atoms with Crippen molar-refractivity contribution in [2.24, 2.45) is 0 Å². The third-order valence-corrected chi connectivity index (χ3v) is 4.78. The molecule has 0 unspecified atom stereocenters. The number of nitrogens with zero attached hydrogens (tertiary/aromatic N) is 1. The Morgan fingerprint density at radius 1 is 1.05 bits per heavy atom. The molecule has 4 rings (SSSR count). The van der Waals surface area contributed by atoms with Crippen molar-refractivity contribution in [2.45, 2.75) is 24.7 Å². The van der Waals surface area contributed by atoms with E-state index in [9.17, 15) is 14.9 Å². The highest BCUT2D eigenvalue weighted by Crippen LogP contribution is 2.55. The van der Waals surface area contributed by atoms with E-state index < -0.39 is 10.3 Å². The Balaban J connectivity index is 2.07. The highest BCUT2D eigenvalue weighted by Gasteiger charge is 2.51. The maximum absolute atomic E-state index is 12.6. The molecule has 2 aliphatic rings. The highest BCUT2D eigenvalue weighted by molar-refractivity contribution is 6.03. The van der Waals surface area contributed by atoms with Crippen LogP contribution in [0.2, 0.25) is 0 Å². The Hall–Kier alpha value is -2.49. The molecule has 0 bridgehead atoms. The van der Waals surface area contributed by atoms with Crippen molar-refractivity contribution < 1.29 is 9.72 Å². The third kappa shape index (κ3) is 1.42. The first-order valence-corrected chi connectivity index (χ1v) is 7.07. The van der Waals surface area contributed by atoms with Crippen LogP contribution in [-0.2, 0) is 10.2 Å². The molecule has 4 nitrogen and oxygen atoms in total. The number of carbonyl (C=O) groups excluding carboxylic acids is 1. The number of Topliss-reactive ketones (excluding diaryl/α,β-unsaturated/α-hetero) is 1. The molecule has 0 radical (unpaired) electrons. The fourth-order valence-electron chi connectivity index (χ4n) is 3.91. The molecule has 0 heterocycles. The minimum absolute atomic E-state index is 0.0561. The van der Waals surface area contributed by atoms with E-state index in [0.717, 1.165) is 35.1 Å². The van der Waals surface area contributed by atoms with Crippen LogP contribution in [0, 0.1) is 10.1 Å². The van der Waals surface area contributed by atoms with Gasteiger partial charge < -0.3 is 0 Å². The van der Waals surface area contributed by atoms with Crippen molar-refractivity contribution >= 4 is 11.5 Å². The Morgan fingerprint density at radius 2 is 1.81 bits per heavy atom. The lowest BCUT2D eigenvalue weighted by Gasteiger charge is -2.24. The number of ketones is 1. The normalized spacial score (nSPS) is 22.4. The SMILES string of the molecule is O=C1CCC[C@]12c1ccccc1-c1ccc([N+](=O)[O-])cc12.